The van der Waals surface area contributed by atoms with Crippen molar-refractivity contribution in [3.05, 3.63) is 65.9 Å². The van der Waals surface area contributed by atoms with E-state index >= 15 is 0 Å². The maximum absolute atomic E-state index is 9.55. The first kappa shape index (κ1) is 13.0. The molecule has 0 saturated heterocycles. The topological polar surface area (TPSA) is 48.9 Å². The summed E-state index contributed by atoms with van der Waals surface area (Å²) in [7, 11) is 0. The number of fused-ring (bicyclic) bond motifs is 3. The van der Waals surface area contributed by atoms with E-state index in [-0.39, 0.29) is 6.61 Å². The number of hydrogen-bond acceptors (Lipinski definition) is 2. The fourth-order valence-electron chi connectivity index (χ4n) is 2.90. The van der Waals surface area contributed by atoms with Crippen molar-refractivity contribution in [1.29, 1.82) is 0 Å². The standard InChI is InChI=1S/C19H16N2O/c1-12-6-8-13(9-7-12)18-19-16(10-14(11-22)20-18)15-4-2-3-5-17(15)21-19/h2-10,21-22H,11H2,1H3. The smallest absolute Gasteiger partial charge is 0.0947 e. The van der Waals surface area contributed by atoms with E-state index in [4.69, 9.17) is 0 Å². The van der Waals surface area contributed by atoms with Crippen LogP contribution in [0.25, 0.3) is 33.1 Å². The SMILES string of the molecule is Cc1ccc(-c2nc(CO)cc3c2[nH]c2ccccc23)cc1. The number of para-hydroxylation sites is 1. The van der Waals surface area contributed by atoms with Crippen LogP contribution in [0.4, 0.5) is 0 Å². The van der Waals surface area contributed by atoms with Crippen molar-refractivity contribution >= 4 is 21.8 Å². The highest BCUT2D eigenvalue weighted by molar-refractivity contribution is 6.11. The zero-order chi connectivity index (χ0) is 15.1. The van der Waals surface area contributed by atoms with Crippen molar-refractivity contribution in [3.63, 3.8) is 0 Å². The first-order valence-corrected chi connectivity index (χ1v) is 7.34. The number of aliphatic hydroxyl groups excluding tert-OH is 1. The summed E-state index contributed by atoms with van der Waals surface area (Å²) >= 11 is 0. The number of aromatic amines is 1. The van der Waals surface area contributed by atoms with E-state index in [0.717, 1.165) is 33.1 Å². The number of H-pyrrole nitrogens is 1. The Hall–Kier alpha value is -2.65. The minimum atomic E-state index is -0.0612. The zero-order valence-corrected chi connectivity index (χ0v) is 12.3. The molecule has 3 heteroatoms. The molecule has 0 bridgehead atoms. The van der Waals surface area contributed by atoms with Gasteiger partial charge in [-0.05, 0) is 19.1 Å². The Bertz CT molecular complexity index is 968. The molecule has 2 aromatic heterocycles. The number of nitrogens with one attached hydrogen (secondary N) is 1. The van der Waals surface area contributed by atoms with Crippen molar-refractivity contribution in [3.8, 4) is 11.3 Å². The Morgan fingerprint density at radius 1 is 1.00 bits per heavy atom. The Balaban J connectivity index is 2.10. The minimum absolute atomic E-state index is 0.0612. The summed E-state index contributed by atoms with van der Waals surface area (Å²) in [6, 6.07) is 18.5. The third-order valence-corrected chi connectivity index (χ3v) is 4.04. The lowest BCUT2D eigenvalue weighted by Crippen LogP contribution is -1.93. The van der Waals surface area contributed by atoms with Gasteiger partial charge in [0.25, 0.3) is 0 Å². The second-order valence-electron chi connectivity index (χ2n) is 5.58. The molecule has 2 aromatic carbocycles. The van der Waals surface area contributed by atoms with Crippen LogP contribution in [-0.2, 0) is 6.61 Å². The van der Waals surface area contributed by atoms with Gasteiger partial charge in [0.15, 0.2) is 0 Å². The number of nitrogens with zero attached hydrogens (tertiary/aromatic N) is 1. The molecule has 0 aliphatic heterocycles. The third kappa shape index (κ3) is 1.98. The second kappa shape index (κ2) is 4.97. The maximum Gasteiger partial charge on any atom is 0.0947 e. The monoisotopic (exact) mass is 288 g/mol. The number of benzene rings is 2. The molecular formula is C19H16N2O. The predicted octanol–water partition coefficient (Wildman–Crippen LogP) is 4.18. The number of aliphatic hydroxyl groups is 1. The molecule has 2 heterocycles. The van der Waals surface area contributed by atoms with E-state index in [1.165, 1.54) is 5.56 Å². The van der Waals surface area contributed by atoms with Gasteiger partial charge >= 0.3 is 0 Å². The van der Waals surface area contributed by atoms with E-state index in [2.05, 4.69) is 53.3 Å². The summed E-state index contributed by atoms with van der Waals surface area (Å²) in [5.74, 6) is 0. The molecule has 0 fully saturated rings. The molecular weight excluding hydrogens is 272 g/mol. The van der Waals surface area contributed by atoms with E-state index in [1.807, 2.05) is 18.2 Å². The van der Waals surface area contributed by atoms with Crippen molar-refractivity contribution < 1.29 is 5.11 Å². The van der Waals surface area contributed by atoms with Crippen molar-refractivity contribution in [2.45, 2.75) is 13.5 Å². The highest BCUT2D eigenvalue weighted by Gasteiger charge is 2.12. The Morgan fingerprint density at radius 2 is 1.77 bits per heavy atom. The molecule has 0 aliphatic carbocycles. The van der Waals surface area contributed by atoms with Crippen LogP contribution in [0.1, 0.15) is 11.3 Å². The van der Waals surface area contributed by atoms with E-state index in [9.17, 15) is 5.11 Å². The quantitative estimate of drug-likeness (QED) is 0.581. The lowest BCUT2D eigenvalue weighted by atomic mass is 10.1. The van der Waals surface area contributed by atoms with Crippen LogP contribution in [0.5, 0.6) is 0 Å². The summed E-state index contributed by atoms with van der Waals surface area (Å²) < 4.78 is 0. The van der Waals surface area contributed by atoms with Gasteiger partial charge in [0.05, 0.1) is 23.5 Å². The molecule has 4 aromatic rings. The molecule has 0 radical (unpaired) electrons. The van der Waals surface area contributed by atoms with Crippen molar-refractivity contribution in [1.82, 2.24) is 9.97 Å². The molecule has 22 heavy (non-hydrogen) atoms. The van der Waals surface area contributed by atoms with E-state index in [1.54, 1.807) is 0 Å². The number of aryl methyl sites for hydroxylation is 1. The van der Waals surface area contributed by atoms with Crippen LogP contribution in [0.3, 0.4) is 0 Å². The fourth-order valence-corrected chi connectivity index (χ4v) is 2.90. The average molecular weight is 288 g/mol. The highest BCUT2D eigenvalue weighted by Crippen LogP contribution is 2.32. The van der Waals surface area contributed by atoms with Gasteiger partial charge in [0.1, 0.15) is 0 Å². The van der Waals surface area contributed by atoms with Gasteiger partial charge in [0.2, 0.25) is 0 Å². The van der Waals surface area contributed by atoms with E-state index < -0.39 is 0 Å². The zero-order valence-electron chi connectivity index (χ0n) is 12.3. The summed E-state index contributed by atoms with van der Waals surface area (Å²) in [5.41, 5.74) is 5.95. The largest absolute Gasteiger partial charge is 0.390 e. The van der Waals surface area contributed by atoms with Crippen molar-refractivity contribution in [2.75, 3.05) is 0 Å². The summed E-state index contributed by atoms with van der Waals surface area (Å²) in [5, 5.41) is 11.8. The summed E-state index contributed by atoms with van der Waals surface area (Å²) in [6.07, 6.45) is 0. The van der Waals surface area contributed by atoms with E-state index in [0.29, 0.717) is 5.69 Å². The Kier molecular flexibility index (Phi) is 2.94. The lowest BCUT2D eigenvalue weighted by molar-refractivity contribution is 0.277. The number of hydrogen-bond donors (Lipinski definition) is 2. The molecule has 3 nitrogen and oxygen atoms in total. The predicted molar refractivity (Wildman–Crippen MR) is 89.7 cm³/mol. The molecule has 0 aliphatic rings. The lowest BCUT2D eigenvalue weighted by Gasteiger charge is -2.06. The molecule has 108 valence electrons. The molecule has 0 unspecified atom stereocenters. The van der Waals surface area contributed by atoms with Gasteiger partial charge in [-0.15, -0.1) is 0 Å². The Morgan fingerprint density at radius 3 is 2.55 bits per heavy atom. The normalized spacial score (nSPS) is 11.4. The average Bonchev–Trinajstić information content (AvgIpc) is 2.93. The van der Waals surface area contributed by atoms with Gasteiger partial charge < -0.3 is 10.1 Å². The Labute approximate surface area is 128 Å². The highest BCUT2D eigenvalue weighted by atomic mass is 16.3. The van der Waals surface area contributed by atoms with Gasteiger partial charge in [-0.2, -0.15) is 0 Å². The molecule has 0 spiro atoms. The molecule has 2 N–H and O–H groups in total. The van der Waals surface area contributed by atoms with Gasteiger partial charge in [-0.25, -0.2) is 4.98 Å². The first-order valence-electron chi connectivity index (χ1n) is 7.34. The molecule has 0 saturated carbocycles. The minimum Gasteiger partial charge on any atom is -0.390 e. The first-order chi connectivity index (χ1) is 10.8. The summed E-state index contributed by atoms with van der Waals surface area (Å²) in [4.78, 5) is 8.10. The molecule has 4 rings (SSSR count). The molecule has 0 atom stereocenters. The third-order valence-electron chi connectivity index (χ3n) is 4.04. The number of pyridine rings is 1. The molecule has 0 amide bonds. The van der Waals surface area contributed by atoms with Gasteiger partial charge in [-0.1, -0.05) is 48.0 Å². The maximum atomic E-state index is 9.55. The second-order valence-corrected chi connectivity index (χ2v) is 5.58. The van der Waals surface area contributed by atoms with Crippen LogP contribution in [-0.4, -0.2) is 15.1 Å². The van der Waals surface area contributed by atoms with Crippen LogP contribution in [0.15, 0.2) is 54.6 Å². The van der Waals surface area contributed by atoms with Gasteiger partial charge in [0, 0.05) is 21.9 Å². The number of rotatable bonds is 2. The van der Waals surface area contributed by atoms with Crippen LogP contribution < -0.4 is 0 Å². The van der Waals surface area contributed by atoms with Crippen molar-refractivity contribution in [2.24, 2.45) is 0 Å². The summed E-state index contributed by atoms with van der Waals surface area (Å²) in [6.45, 7) is 2.01. The fraction of sp³-hybridized carbons (Fsp3) is 0.105. The number of aromatic nitrogens is 2. The van der Waals surface area contributed by atoms with Crippen LogP contribution in [0.2, 0.25) is 0 Å². The van der Waals surface area contributed by atoms with Gasteiger partial charge in [-0.3, -0.25) is 0 Å². The van der Waals surface area contributed by atoms with Crippen LogP contribution >= 0.6 is 0 Å². The van der Waals surface area contributed by atoms with Crippen LogP contribution in [0, 0.1) is 6.92 Å².